The summed E-state index contributed by atoms with van der Waals surface area (Å²) in [6.45, 7) is 0. The summed E-state index contributed by atoms with van der Waals surface area (Å²) in [6, 6.07) is 102. The van der Waals surface area contributed by atoms with Crippen molar-refractivity contribution in [3.05, 3.63) is 279 Å². The fourth-order valence-electron chi connectivity index (χ4n) is 11.2. The van der Waals surface area contributed by atoms with Crippen molar-refractivity contribution in [1.29, 1.82) is 0 Å². The molecule has 2 nitrogen and oxygen atoms in total. The summed E-state index contributed by atoms with van der Waals surface area (Å²) in [5.41, 5.74) is 16.2. The molecule has 0 aliphatic rings. The molecule has 0 aliphatic carbocycles. The van der Waals surface area contributed by atoms with E-state index in [0.717, 1.165) is 28.3 Å². The topological polar surface area (TPSA) is 8.17 Å². The third-order valence-corrected chi connectivity index (χ3v) is 14.7. The van der Waals surface area contributed by atoms with Crippen LogP contribution in [0.2, 0.25) is 0 Å². The Balaban J connectivity index is 0.916. The Bertz CT molecular complexity index is 4200. The van der Waals surface area contributed by atoms with Crippen LogP contribution in [0.3, 0.4) is 0 Å². The Morgan fingerprint density at radius 1 is 0.236 bits per heavy atom. The number of benzene rings is 13. The van der Waals surface area contributed by atoms with E-state index < -0.39 is 0 Å². The largest absolute Gasteiger partial charge is 0.310 e. The number of fused-ring (bicyclic) bond motifs is 9. The number of anilines is 3. The maximum absolute atomic E-state index is 2.43. The van der Waals surface area contributed by atoms with Gasteiger partial charge in [0.2, 0.25) is 0 Å². The summed E-state index contributed by atoms with van der Waals surface area (Å²) in [5.74, 6) is 0. The van der Waals surface area contributed by atoms with Gasteiger partial charge in [-0.1, -0.05) is 200 Å². The molecule has 14 aromatic rings. The minimum atomic E-state index is 1.08. The van der Waals surface area contributed by atoms with E-state index in [1.54, 1.807) is 0 Å². The van der Waals surface area contributed by atoms with E-state index in [9.17, 15) is 0 Å². The molecule has 0 saturated heterocycles. The molecule has 0 spiro atoms. The zero-order valence-electron chi connectivity index (χ0n) is 39.5. The maximum atomic E-state index is 2.43. The summed E-state index contributed by atoms with van der Waals surface area (Å²) in [6.07, 6.45) is 0. The normalized spacial score (nSPS) is 11.6. The first-order chi connectivity index (χ1) is 35.7. The van der Waals surface area contributed by atoms with Gasteiger partial charge in [-0.15, -0.1) is 0 Å². The molecule has 0 bridgehead atoms. The summed E-state index contributed by atoms with van der Waals surface area (Å²) in [7, 11) is 0. The van der Waals surface area contributed by atoms with Gasteiger partial charge in [0, 0.05) is 33.5 Å². The van der Waals surface area contributed by atoms with Crippen molar-refractivity contribution in [3.8, 4) is 50.2 Å². The summed E-state index contributed by atoms with van der Waals surface area (Å²) in [5, 5.41) is 12.6. The van der Waals surface area contributed by atoms with Gasteiger partial charge in [-0.25, -0.2) is 0 Å². The van der Waals surface area contributed by atoms with Crippen LogP contribution in [-0.4, -0.2) is 4.57 Å². The standard InChI is InChI=1S/C70H46N2/c1-3-14-47(15-4-1)57-45-67(70-66-24-11-12-25-68(66)72(69(70)46-57)58-19-5-2-6-20-58)54-18-13-21-61(44-54)71(59-36-30-48(31-37-59)52-34-40-64-55(42-52)28-26-50-16-7-9-22-62(50)64)60-38-32-49(33-39-60)53-35-41-65-56(43-53)29-27-51-17-8-10-23-63(51)65/h1-46H. The molecular formula is C70H46N2. The van der Waals surface area contributed by atoms with Crippen LogP contribution < -0.4 is 4.90 Å². The van der Waals surface area contributed by atoms with Crippen molar-refractivity contribution in [2.45, 2.75) is 0 Å². The molecule has 0 atom stereocenters. The first-order valence-corrected chi connectivity index (χ1v) is 24.8. The van der Waals surface area contributed by atoms with Crippen molar-refractivity contribution in [2.75, 3.05) is 4.90 Å². The van der Waals surface area contributed by atoms with E-state index in [1.807, 2.05) is 0 Å². The van der Waals surface area contributed by atoms with Crippen LogP contribution in [0.5, 0.6) is 0 Å². The van der Waals surface area contributed by atoms with Crippen LogP contribution in [0, 0.1) is 0 Å². The monoisotopic (exact) mass is 914 g/mol. The van der Waals surface area contributed by atoms with E-state index in [4.69, 9.17) is 0 Å². The molecule has 1 aromatic heterocycles. The van der Waals surface area contributed by atoms with Gasteiger partial charge < -0.3 is 9.47 Å². The zero-order valence-corrected chi connectivity index (χ0v) is 39.5. The fraction of sp³-hybridized carbons (Fsp3) is 0. The Hall–Kier alpha value is -9.50. The van der Waals surface area contributed by atoms with E-state index >= 15 is 0 Å². The molecule has 13 aromatic carbocycles. The average molecular weight is 915 g/mol. The molecule has 0 aliphatic heterocycles. The maximum Gasteiger partial charge on any atom is 0.0553 e. The number of para-hydroxylation sites is 2. The molecule has 0 fully saturated rings. The molecule has 336 valence electrons. The van der Waals surface area contributed by atoms with Crippen LogP contribution in [0.15, 0.2) is 279 Å². The Labute approximate surface area is 418 Å². The van der Waals surface area contributed by atoms with Crippen LogP contribution in [0.4, 0.5) is 17.1 Å². The van der Waals surface area contributed by atoms with E-state index in [1.165, 1.54) is 104 Å². The first kappa shape index (κ1) is 41.5. The van der Waals surface area contributed by atoms with E-state index in [2.05, 4.69) is 289 Å². The van der Waals surface area contributed by atoms with Crippen molar-refractivity contribution < 1.29 is 0 Å². The highest BCUT2D eigenvalue weighted by molar-refractivity contribution is 6.17. The Morgan fingerprint density at radius 3 is 1.32 bits per heavy atom. The third-order valence-electron chi connectivity index (χ3n) is 14.7. The van der Waals surface area contributed by atoms with Crippen molar-refractivity contribution in [1.82, 2.24) is 4.57 Å². The molecule has 0 unspecified atom stereocenters. The first-order valence-electron chi connectivity index (χ1n) is 24.8. The second-order valence-electron chi connectivity index (χ2n) is 18.9. The molecule has 2 heteroatoms. The van der Waals surface area contributed by atoms with Crippen LogP contribution >= 0.6 is 0 Å². The lowest BCUT2D eigenvalue weighted by Crippen LogP contribution is -2.10. The highest BCUT2D eigenvalue weighted by Gasteiger charge is 2.20. The SMILES string of the molecule is c1ccc(-c2cc(-c3cccc(N(c4ccc(-c5ccc6c(ccc7ccccc76)c5)cc4)c4ccc(-c5ccc6c(ccc7ccccc76)c5)cc4)c3)c3c4ccccc4n(-c4ccccc4)c3c2)cc1. The molecule has 1 heterocycles. The number of nitrogens with zero attached hydrogens (tertiary/aromatic N) is 2. The highest BCUT2D eigenvalue weighted by Crippen LogP contribution is 2.44. The Kier molecular flexibility index (Phi) is 9.89. The van der Waals surface area contributed by atoms with Gasteiger partial charge in [0.1, 0.15) is 0 Å². The number of hydrogen-bond acceptors (Lipinski definition) is 1. The van der Waals surface area contributed by atoms with Crippen molar-refractivity contribution in [2.24, 2.45) is 0 Å². The lowest BCUT2D eigenvalue weighted by atomic mass is 9.94. The van der Waals surface area contributed by atoms with Crippen LogP contribution in [0.25, 0.3) is 115 Å². The van der Waals surface area contributed by atoms with Gasteiger partial charge in [0.15, 0.2) is 0 Å². The van der Waals surface area contributed by atoms with Crippen molar-refractivity contribution in [3.63, 3.8) is 0 Å². The Morgan fingerprint density at radius 2 is 0.708 bits per heavy atom. The zero-order chi connectivity index (χ0) is 47.5. The van der Waals surface area contributed by atoms with Gasteiger partial charge in [0.25, 0.3) is 0 Å². The van der Waals surface area contributed by atoms with Crippen molar-refractivity contribution >= 4 is 82.0 Å². The van der Waals surface area contributed by atoms with Crippen LogP contribution in [0.1, 0.15) is 0 Å². The third kappa shape index (κ3) is 7.12. The molecule has 0 radical (unpaired) electrons. The number of aromatic nitrogens is 1. The molecule has 0 amide bonds. The smallest absolute Gasteiger partial charge is 0.0553 e. The molecule has 72 heavy (non-hydrogen) atoms. The summed E-state index contributed by atoms with van der Waals surface area (Å²) < 4.78 is 2.43. The summed E-state index contributed by atoms with van der Waals surface area (Å²) >= 11 is 0. The number of rotatable bonds is 8. The molecule has 14 rings (SSSR count). The highest BCUT2D eigenvalue weighted by atomic mass is 15.1. The van der Waals surface area contributed by atoms with Crippen LogP contribution in [-0.2, 0) is 0 Å². The van der Waals surface area contributed by atoms with E-state index in [-0.39, 0.29) is 0 Å². The molecule has 0 saturated carbocycles. The lowest BCUT2D eigenvalue weighted by Gasteiger charge is -2.26. The molecular weight excluding hydrogens is 869 g/mol. The second-order valence-corrected chi connectivity index (χ2v) is 18.9. The van der Waals surface area contributed by atoms with Gasteiger partial charge in [0.05, 0.1) is 11.0 Å². The average Bonchev–Trinajstić information content (AvgIpc) is 3.80. The molecule has 0 N–H and O–H groups in total. The predicted octanol–water partition coefficient (Wildman–Crippen LogP) is 19.5. The lowest BCUT2D eigenvalue weighted by molar-refractivity contribution is 1.18. The fourth-order valence-corrected chi connectivity index (χ4v) is 11.2. The van der Waals surface area contributed by atoms with E-state index in [0.29, 0.717) is 0 Å². The minimum absolute atomic E-state index is 1.08. The van der Waals surface area contributed by atoms with Gasteiger partial charge in [-0.05, 0) is 166 Å². The summed E-state index contributed by atoms with van der Waals surface area (Å²) in [4.78, 5) is 2.40. The van der Waals surface area contributed by atoms with Gasteiger partial charge in [-0.3, -0.25) is 0 Å². The second kappa shape index (κ2) is 17.2. The minimum Gasteiger partial charge on any atom is -0.310 e. The number of hydrogen-bond donors (Lipinski definition) is 0. The van der Waals surface area contributed by atoms with Gasteiger partial charge >= 0.3 is 0 Å². The predicted molar refractivity (Wildman–Crippen MR) is 307 cm³/mol. The van der Waals surface area contributed by atoms with Gasteiger partial charge in [-0.2, -0.15) is 0 Å². The quantitative estimate of drug-likeness (QED) is 0.138.